The number of pyridine rings is 1. The van der Waals surface area contributed by atoms with Crippen LogP contribution >= 0.6 is 0 Å². The van der Waals surface area contributed by atoms with Crippen molar-refractivity contribution < 1.29 is 4.74 Å². The number of rotatable bonds is 4. The van der Waals surface area contributed by atoms with E-state index in [9.17, 15) is 4.79 Å². The minimum atomic E-state index is -0.172. The van der Waals surface area contributed by atoms with E-state index in [0.29, 0.717) is 12.1 Å². The molecule has 0 spiro atoms. The highest BCUT2D eigenvalue weighted by molar-refractivity contribution is 5.64. The van der Waals surface area contributed by atoms with E-state index >= 15 is 0 Å². The summed E-state index contributed by atoms with van der Waals surface area (Å²) in [6, 6.07) is 11.3. The van der Waals surface area contributed by atoms with Crippen LogP contribution in [0.15, 0.2) is 53.6 Å². The van der Waals surface area contributed by atoms with Gasteiger partial charge in [0.05, 0.1) is 12.8 Å². The number of aromatic nitrogens is 3. The van der Waals surface area contributed by atoms with Gasteiger partial charge in [-0.15, -0.1) is 0 Å². The van der Waals surface area contributed by atoms with Crippen LogP contribution in [0.1, 0.15) is 11.3 Å². The van der Waals surface area contributed by atoms with Gasteiger partial charge in [-0.2, -0.15) is 0 Å². The van der Waals surface area contributed by atoms with Crippen molar-refractivity contribution in [2.24, 2.45) is 7.05 Å². The SMILES string of the molecule is COc1cccc(-c2cncc(Cc3cc(=O)n(C)c(N)n3)c2)c1. The lowest BCUT2D eigenvalue weighted by Gasteiger charge is -2.08. The Balaban J connectivity index is 1.92. The molecule has 0 saturated carbocycles. The predicted molar refractivity (Wildman–Crippen MR) is 92.9 cm³/mol. The summed E-state index contributed by atoms with van der Waals surface area (Å²) >= 11 is 0. The lowest BCUT2D eigenvalue weighted by molar-refractivity contribution is 0.415. The number of methoxy groups -OCH3 is 1. The molecule has 6 heteroatoms. The van der Waals surface area contributed by atoms with Gasteiger partial charge in [-0.25, -0.2) is 4.98 Å². The average molecular weight is 322 g/mol. The van der Waals surface area contributed by atoms with Gasteiger partial charge in [0, 0.05) is 37.5 Å². The number of ether oxygens (including phenoxy) is 1. The first-order valence-electron chi connectivity index (χ1n) is 7.47. The second kappa shape index (κ2) is 6.54. The molecule has 1 aromatic carbocycles. The van der Waals surface area contributed by atoms with Gasteiger partial charge in [-0.3, -0.25) is 14.3 Å². The van der Waals surface area contributed by atoms with Crippen molar-refractivity contribution in [3.63, 3.8) is 0 Å². The number of benzene rings is 1. The molecular formula is C18H18N4O2. The topological polar surface area (TPSA) is 83.0 Å². The maximum Gasteiger partial charge on any atom is 0.254 e. The fraction of sp³-hybridized carbons (Fsp3) is 0.167. The van der Waals surface area contributed by atoms with E-state index in [4.69, 9.17) is 10.5 Å². The van der Waals surface area contributed by atoms with E-state index in [0.717, 1.165) is 22.4 Å². The molecule has 0 aliphatic carbocycles. The number of hydrogen-bond donors (Lipinski definition) is 1. The third-order valence-electron chi connectivity index (χ3n) is 3.81. The van der Waals surface area contributed by atoms with Gasteiger partial charge in [0.2, 0.25) is 5.95 Å². The normalized spacial score (nSPS) is 10.6. The Bertz CT molecular complexity index is 934. The third kappa shape index (κ3) is 3.27. The smallest absolute Gasteiger partial charge is 0.254 e. The lowest BCUT2D eigenvalue weighted by atomic mass is 10.0. The fourth-order valence-electron chi connectivity index (χ4n) is 2.45. The summed E-state index contributed by atoms with van der Waals surface area (Å²) < 4.78 is 6.57. The van der Waals surface area contributed by atoms with E-state index in [1.165, 1.54) is 10.6 Å². The first-order valence-corrected chi connectivity index (χ1v) is 7.47. The maximum atomic E-state index is 11.8. The Labute approximate surface area is 139 Å². The maximum absolute atomic E-state index is 11.8. The molecule has 0 atom stereocenters. The molecule has 122 valence electrons. The molecule has 0 amide bonds. The van der Waals surface area contributed by atoms with Gasteiger partial charge in [-0.1, -0.05) is 12.1 Å². The second-order valence-corrected chi connectivity index (χ2v) is 5.49. The summed E-state index contributed by atoms with van der Waals surface area (Å²) in [6.45, 7) is 0. The van der Waals surface area contributed by atoms with Gasteiger partial charge in [0.1, 0.15) is 5.75 Å². The molecular weight excluding hydrogens is 304 g/mol. The van der Waals surface area contributed by atoms with Gasteiger partial charge in [0.15, 0.2) is 0 Å². The van der Waals surface area contributed by atoms with Crippen LogP contribution in [0, 0.1) is 0 Å². The molecule has 2 aromatic heterocycles. The summed E-state index contributed by atoms with van der Waals surface area (Å²) in [7, 11) is 3.24. The minimum absolute atomic E-state index is 0.172. The summed E-state index contributed by atoms with van der Waals surface area (Å²) in [4.78, 5) is 20.4. The van der Waals surface area contributed by atoms with Crippen molar-refractivity contribution in [2.45, 2.75) is 6.42 Å². The lowest BCUT2D eigenvalue weighted by Crippen LogP contribution is -2.21. The second-order valence-electron chi connectivity index (χ2n) is 5.49. The van der Waals surface area contributed by atoms with Crippen LogP contribution in [-0.2, 0) is 13.5 Å². The van der Waals surface area contributed by atoms with E-state index in [1.54, 1.807) is 26.6 Å². The Kier molecular flexibility index (Phi) is 4.29. The minimum Gasteiger partial charge on any atom is -0.497 e. The number of nitrogens with two attached hydrogens (primary N) is 1. The summed E-state index contributed by atoms with van der Waals surface area (Å²) in [5, 5.41) is 0. The third-order valence-corrected chi connectivity index (χ3v) is 3.81. The largest absolute Gasteiger partial charge is 0.497 e. The molecule has 0 aliphatic heterocycles. The zero-order chi connectivity index (χ0) is 17.1. The van der Waals surface area contributed by atoms with Gasteiger partial charge < -0.3 is 10.5 Å². The van der Waals surface area contributed by atoms with E-state index in [2.05, 4.69) is 9.97 Å². The van der Waals surface area contributed by atoms with E-state index < -0.39 is 0 Å². The molecule has 0 aliphatic rings. The highest BCUT2D eigenvalue weighted by Gasteiger charge is 2.06. The predicted octanol–water partition coefficient (Wildman–Crippen LogP) is 2.02. The Morgan fingerprint density at radius 1 is 1.17 bits per heavy atom. The van der Waals surface area contributed by atoms with Gasteiger partial charge in [0.25, 0.3) is 5.56 Å². The van der Waals surface area contributed by atoms with Crippen LogP contribution in [0.4, 0.5) is 5.95 Å². The highest BCUT2D eigenvalue weighted by atomic mass is 16.5. The highest BCUT2D eigenvalue weighted by Crippen LogP contribution is 2.24. The van der Waals surface area contributed by atoms with Crippen molar-refractivity contribution in [2.75, 3.05) is 12.8 Å². The van der Waals surface area contributed by atoms with Crippen molar-refractivity contribution in [3.8, 4) is 16.9 Å². The van der Waals surface area contributed by atoms with Gasteiger partial charge in [-0.05, 0) is 29.3 Å². The van der Waals surface area contributed by atoms with Crippen molar-refractivity contribution >= 4 is 5.95 Å². The Hall–Kier alpha value is -3.15. The summed E-state index contributed by atoms with van der Waals surface area (Å²) in [5.41, 5.74) is 9.15. The molecule has 0 radical (unpaired) electrons. The molecule has 0 unspecified atom stereocenters. The molecule has 0 saturated heterocycles. The molecule has 3 aromatic rings. The fourth-order valence-corrected chi connectivity index (χ4v) is 2.45. The van der Waals surface area contributed by atoms with Crippen LogP contribution in [0.2, 0.25) is 0 Å². The van der Waals surface area contributed by atoms with Gasteiger partial charge >= 0.3 is 0 Å². The average Bonchev–Trinajstić information content (AvgIpc) is 2.60. The van der Waals surface area contributed by atoms with E-state index in [-0.39, 0.29) is 11.5 Å². The van der Waals surface area contributed by atoms with Crippen LogP contribution in [0.25, 0.3) is 11.1 Å². The Morgan fingerprint density at radius 3 is 2.75 bits per heavy atom. The molecule has 6 nitrogen and oxygen atoms in total. The standard InChI is InChI=1S/C18H18N4O2/c1-22-17(23)9-15(21-18(22)19)7-12-6-14(11-20-10-12)13-4-3-5-16(8-13)24-2/h3-6,8-11H,7H2,1-2H3,(H2,19,21). The number of hydrogen-bond acceptors (Lipinski definition) is 5. The van der Waals surface area contributed by atoms with Crippen LogP contribution < -0.4 is 16.0 Å². The van der Waals surface area contributed by atoms with Crippen LogP contribution in [0.5, 0.6) is 5.75 Å². The molecule has 2 N–H and O–H groups in total. The monoisotopic (exact) mass is 322 g/mol. The zero-order valence-corrected chi connectivity index (χ0v) is 13.6. The molecule has 2 heterocycles. The molecule has 0 fully saturated rings. The molecule has 24 heavy (non-hydrogen) atoms. The van der Waals surface area contributed by atoms with Crippen LogP contribution in [-0.4, -0.2) is 21.6 Å². The first-order chi connectivity index (χ1) is 11.6. The number of anilines is 1. The van der Waals surface area contributed by atoms with Crippen molar-refractivity contribution in [1.29, 1.82) is 0 Å². The summed E-state index contributed by atoms with van der Waals surface area (Å²) in [5.74, 6) is 0.994. The van der Waals surface area contributed by atoms with Crippen molar-refractivity contribution in [1.82, 2.24) is 14.5 Å². The Morgan fingerprint density at radius 2 is 2.00 bits per heavy atom. The zero-order valence-electron chi connectivity index (χ0n) is 13.6. The summed E-state index contributed by atoms with van der Waals surface area (Å²) in [6.07, 6.45) is 4.05. The quantitative estimate of drug-likeness (QED) is 0.794. The molecule has 0 bridgehead atoms. The van der Waals surface area contributed by atoms with Crippen LogP contribution in [0.3, 0.4) is 0 Å². The first kappa shape index (κ1) is 15.7. The van der Waals surface area contributed by atoms with E-state index in [1.807, 2.05) is 30.3 Å². The van der Waals surface area contributed by atoms with Crippen molar-refractivity contribution in [3.05, 3.63) is 70.4 Å². The molecule has 3 rings (SSSR count). The number of nitrogen functional groups attached to an aromatic ring is 1. The number of nitrogens with zero attached hydrogens (tertiary/aromatic N) is 3.